The van der Waals surface area contributed by atoms with Crippen LogP contribution in [0.4, 0.5) is 0 Å². The summed E-state index contributed by atoms with van der Waals surface area (Å²) in [5, 5.41) is 7.21. The minimum absolute atomic E-state index is 0.0382. The first-order valence-corrected chi connectivity index (χ1v) is 6.37. The highest BCUT2D eigenvalue weighted by Crippen LogP contribution is 2.33. The summed E-state index contributed by atoms with van der Waals surface area (Å²) in [7, 11) is 0. The number of amides is 1. The van der Waals surface area contributed by atoms with Crippen LogP contribution in [0.25, 0.3) is 0 Å². The maximum Gasteiger partial charge on any atom is 0.255 e. The van der Waals surface area contributed by atoms with E-state index in [0.717, 1.165) is 0 Å². The molecule has 0 saturated heterocycles. The Hall–Kier alpha value is -0.970. The van der Waals surface area contributed by atoms with E-state index in [1.807, 2.05) is 24.1 Å². The molecule has 0 spiro atoms. The summed E-state index contributed by atoms with van der Waals surface area (Å²) in [6.07, 6.45) is 7.81. The van der Waals surface area contributed by atoms with Gasteiger partial charge in [-0.1, -0.05) is 0 Å². The first kappa shape index (κ1) is 10.5. The number of hydrogen-bond donors (Lipinski definition) is 1. The van der Waals surface area contributed by atoms with Crippen molar-refractivity contribution in [3.8, 4) is 0 Å². The molecule has 1 fully saturated rings. The fourth-order valence-corrected chi connectivity index (χ4v) is 1.55. The molecular formula is C10H15N3OS. The Labute approximate surface area is 93.4 Å². The van der Waals surface area contributed by atoms with Crippen LogP contribution < -0.4 is 5.32 Å². The van der Waals surface area contributed by atoms with Gasteiger partial charge in [-0.15, -0.1) is 11.8 Å². The molecule has 2 rings (SSSR count). The van der Waals surface area contributed by atoms with Crippen LogP contribution in [0.1, 0.15) is 36.2 Å². The molecule has 1 amide bonds. The van der Waals surface area contributed by atoms with Crippen LogP contribution in [0.2, 0.25) is 0 Å². The number of aromatic nitrogens is 2. The predicted molar refractivity (Wildman–Crippen MR) is 60.9 cm³/mol. The highest BCUT2D eigenvalue weighted by molar-refractivity contribution is 7.99. The van der Waals surface area contributed by atoms with Gasteiger partial charge in [0, 0.05) is 6.20 Å². The predicted octanol–water partition coefficient (Wildman–Crippen LogP) is 1.66. The topological polar surface area (TPSA) is 46.9 Å². The number of rotatable bonds is 4. The van der Waals surface area contributed by atoms with Gasteiger partial charge >= 0.3 is 0 Å². The van der Waals surface area contributed by atoms with Crippen molar-refractivity contribution in [2.24, 2.45) is 0 Å². The summed E-state index contributed by atoms with van der Waals surface area (Å²) < 4.78 is 1.89. The fourth-order valence-electron chi connectivity index (χ4n) is 1.32. The van der Waals surface area contributed by atoms with E-state index >= 15 is 0 Å². The lowest BCUT2D eigenvalue weighted by atomic mass is 10.3. The van der Waals surface area contributed by atoms with Gasteiger partial charge in [0.25, 0.3) is 5.91 Å². The normalized spacial score (nSPS) is 17.5. The molecule has 1 saturated carbocycles. The van der Waals surface area contributed by atoms with Gasteiger partial charge in [-0.2, -0.15) is 5.10 Å². The molecule has 1 unspecified atom stereocenters. The van der Waals surface area contributed by atoms with Crippen LogP contribution in [0, 0.1) is 0 Å². The molecule has 1 aromatic heterocycles. The first-order valence-electron chi connectivity index (χ1n) is 5.08. The largest absolute Gasteiger partial charge is 0.340 e. The molecule has 15 heavy (non-hydrogen) atoms. The number of thioether (sulfide) groups is 1. The Bertz CT molecular complexity index is 359. The van der Waals surface area contributed by atoms with E-state index in [4.69, 9.17) is 0 Å². The van der Waals surface area contributed by atoms with Crippen molar-refractivity contribution in [1.29, 1.82) is 0 Å². The second-order valence-electron chi connectivity index (χ2n) is 3.79. The second-order valence-corrected chi connectivity index (χ2v) is 4.97. The van der Waals surface area contributed by atoms with Crippen molar-refractivity contribution in [2.75, 3.05) is 6.26 Å². The molecule has 4 nitrogen and oxygen atoms in total. The lowest BCUT2D eigenvalue weighted by molar-refractivity contribution is 0.0952. The third-order valence-corrected chi connectivity index (χ3v) is 3.30. The van der Waals surface area contributed by atoms with Crippen molar-refractivity contribution >= 4 is 17.7 Å². The van der Waals surface area contributed by atoms with Crippen LogP contribution >= 0.6 is 11.8 Å². The Morgan fingerprint density at radius 3 is 3.07 bits per heavy atom. The maximum atomic E-state index is 11.7. The van der Waals surface area contributed by atoms with Gasteiger partial charge in [-0.05, 0) is 26.0 Å². The molecule has 1 heterocycles. The van der Waals surface area contributed by atoms with Crippen LogP contribution in [0.5, 0.6) is 0 Å². The van der Waals surface area contributed by atoms with E-state index in [1.54, 1.807) is 18.0 Å². The molecular weight excluding hydrogens is 210 g/mol. The second kappa shape index (κ2) is 4.26. The minimum atomic E-state index is -0.0382. The maximum absolute atomic E-state index is 11.7. The standard InChI is InChI=1S/C10H15N3OS/c1-7(15-2)12-10(14)8-5-11-13(6-8)9-3-4-9/h5-7,9H,3-4H2,1-2H3,(H,12,14). The third kappa shape index (κ3) is 2.53. The highest BCUT2D eigenvalue weighted by Gasteiger charge is 2.25. The number of carbonyl (C=O) groups is 1. The van der Waals surface area contributed by atoms with E-state index < -0.39 is 0 Å². The van der Waals surface area contributed by atoms with E-state index in [1.165, 1.54) is 12.8 Å². The van der Waals surface area contributed by atoms with Gasteiger partial charge in [0.15, 0.2) is 0 Å². The summed E-state index contributed by atoms with van der Waals surface area (Å²) in [6.45, 7) is 1.97. The summed E-state index contributed by atoms with van der Waals surface area (Å²) in [5.41, 5.74) is 0.655. The average Bonchev–Trinajstić information content (AvgIpc) is 2.96. The highest BCUT2D eigenvalue weighted by atomic mass is 32.2. The minimum Gasteiger partial charge on any atom is -0.340 e. The van der Waals surface area contributed by atoms with Crippen LogP contribution in [-0.4, -0.2) is 27.3 Å². The van der Waals surface area contributed by atoms with Gasteiger partial charge in [0.1, 0.15) is 0 Å². The quantitative estimate of drug-likeness (QED) is 0.793. The number of hydrogen-bond acceptors (Lipinski definition) is 3. The summed E-state index contributed by atoms with van der Waals surface area (Å²) in [4.78, 5) is 11.7. The van der Waals surface area contributed by atoms with Gasteiger partial charge < -0.3 is 5.32 Å². The zero-order valence-corrected chi connectivity index (χ0v) is 9.75. The SMILES string of the molecule is CSC(C)NC(=O)c1cnn(C2CC2)c1. The van der Waals surface area contributed by atoms with Crippen molar-refractivity contribution in [3.05, 3.63) is 18.0 Å². The van der Waals surface area contributed by atoms with Crippen LogP contribution in [-0.2, 0) is 0 Å². The Balaban J connectivity index is 1.98. The average molecular weight is 225 g/mol. The van der Waals surface area contributed by atoms with Gasteiger partial charge in [0.05, 0.1) is 23.2 Å². The Morgan fingerprint density at radius 1 is 1.73 bits per heavy atom. The Morgan fingerprint density at radius 2 is 2.47 bits per heavy atom. The molecule has 1 aliphatic rings. The molecule has 1 aromatic rings. The lowest BCUT2D eigenvalue weighted by Gasteiger charge is -2.09. The molecule has 0 radical (unpaired) electrons. The van der Waals surface area contributed by atoms with Crippen LogP contribution in [0.3, 0.4) is 0 Å². The van der Waals surface area contributed by atoms with E-state index in [-0.39, 0.29) is 11.3 Å². The van der Waals surface area contributed by atoms with E-state index in [0.29, 0.717) is 11.6 Å². The van der Waals surface area contributed by atoms with E-state index in [2.05, 4.69) is 10.4 Å². The van der Waals surface area contributed by atoms with Gasteiger partial charge in [0.2, 0.25) is 0 Å². The first-order chi connectivity index (χ1) is 7.20. The summed E-state index contributed by atoms with van der Waals surface area (Å²) in [6, 6.07) is 0.532. The van der Waals surface area contributed by atoms with Gasteiger partial charge in [-0.3, -0.25) is 9.48 Å². The summed E-state index contributed by atoms with van der Waals surface area (Å²) in [5.74, 6) is -0.0382. The zero-order valence-electron chi connectivity index (χ0n) is 8.93. The number of nitrogens with one attached hydrogen (secondary N) is 1. The molecule has 0 bridgehead atoms. The monoisotopic (exact) mass is 225 g/mol. The van der Waals surface area contributed by atoms with Crippen molar-refractivity contribution in [1.82, 2.24) is 15.1 Å². The molecule has 1 atom stereocenters. The number of nitrogens with zero attached hydrogens (tertiary/aromatic N) is 2. The van der Waals surface area contributed by atoms with Crippen molar-refractivity contribution < 1.29 is 4.79 Å². The summed E-state index contributed by atoms with van der Waals surface area (Å²) >= 11 is 1.61. The van der Waals surface area contributed by atoms with Crippen LogP contribution in [0.15, 0.2) is 12.4 Å². The Kier molecular flexibility index (Phi) is 3.00. The number of carbonyl (C=O) groups excluding carboxylic acids is 1. The lowest BCUT2D eigenvalue weighted by Crippen LogP contribution is -2.29. The molecule has 82 valence electrons. The fraction of sp³-hybridized carbons (Fsp3) is 0.600. The third-order valence-electron chi connectivity index (χ3n) is 2.47. The molecule has 0 aromatic carbocycles. The molecule has 5 heteroatoms. The van der Waals surface area contributed by atoms with Crippen molar-refractivity contribution in [3.63, 3.8) is 0 Å². The van der Waals surface area contributed by atoms with E-state index in [9.17, 15) is 4.79 Å². The smallest absolute Gasteiger partial charge is 0.255 e. The van der Waals surface area contributed by atoms with Gasteiger partial charge in [-0.25, -0.2) is 0 Å². The van der Waals surface area contributed by atoms with Crippen molar-refractivity contribution in [2.45, 2.75) is 31.2 Å². The molecule has 0 aliphatic heterocycles. The molecule has 1 aliphatic carbocycles. The zero-order chi connectivity index (χ0) is 10.8. The molecule has 1 N–H and O–H groups in total.